The summed E-state index contributed by atoms with van der Waals surface area (Å²) in [5, 5.41) is 0. The van der Waals surface area contributed by atoms with Gasteiger partial charge in [0.1, 0.15) is 17.3 Å². The van der Waals surface area contributed by atoms with Gasteiger partial charge >= 0.3 is 0 Å². The van der Waals surface area contributed by atoms with Crippen LogP contribution in [-0.4, -0.2) is 17.3 Å². The summed E-state index contributed by atoms with van der Waals surface area (Å²) in [4.78, 5) is 36.9. The highest BCUT2D eigenvalue weighted by molar-refractivity contribution is 5.92. The Bertz CT molecular complexity index is 660. The van der Waals surface area contributed by atoms with Crippen molar-refractivity contribution in [3.8, 4) is 0 Å². The van der Waals surface area contributed by atoms with Crippen LogP contribution in [0.5, 0.6) is 0 Å². The van der Waals surface area contributed by atoms with Gasteiger partial charge in [-0.05, 0) is 55.3 Å². The number of fused-ring (bicyclic) bond motifs is 5. The van der Waals surface area contributed by atoms with Crippen molar-refractivity contribution >= 4 is 17.3 Å². The zero-order chi connectivity index (χ0) is 17.3. The molecule has 0 aliphatic heterocycles. The van der Waals surface area contributed by atoms with Crippen molar-refractivity contribution in [1.82, 2.24) is 0 Å². The van der Waals surface area contributed by atoms with E-state index in [1.165, 1.54) is 5.57 Å². The first-order chi connectivity index (χ1) is 11.3. The van der Waals surface area contributed by atoms with E-state index in [9.17, 15) is 14.4 Å². The first-order valence-corrected chi connectivity index (χ1v) is 9.53. The summed E-state index contributed by atoms with van der Waals surface area (Å²) in [6.07, 6.45) is 7.83. The molecule has 0 amide bonds. The molecule has 0 bridgehead atoms. The average Bonchev–Trinajstić information content (AvgIpc) is 2.87. The second-order valence-corrected chi connectivity index (χ2v) is 9.21. The molecule has 3 heteroatoms. The topological polar surface area (TPSA) is 51.2 Å². The van der Waals surface area contributed by atoms with E-state index in [-0.39, 0.29) is 28.4 Å². The molecule has 0 saturated heterocycles. The minimum atomic E-state index is -0.121. The van der Waals surface area contributed by atoms with E-state index in [2.05, 4.69) is 19.9 Å². The summed E-state index contributed by atoms with van der Waals surface area (Å²) in [7, 11) is 0. The van der Waals surface area contributed by atoms with Gasteiger partial charge in [-0.25, -0.2) is 0 Å². The van der Waals surface area contributed by atoms with Gasteiger partial charge in [-0.3, -0.25) is 14.4 Å². The van der Waals surface area contributed by atoms with Gasteiger partial charge in [-0.15, -0.1) is 0 Å². The standard InChI is InChI=1S/C21H28O3/c1-12(22)15-4-5-16-14-11-19(24)18-10-13(23)6-8-21(18,3)17(14)7-9-20(15,16)2/h7,14-16,18H,4-6,8-11H2,1-3H3/t14-,15+,16-,18?,20+,21+/m0/s1. The molecule has 0 heterocycles. The van der Waals surface area contributed by atoms with E-state index in [0.29, 0.717) is 42.7 Å². The molecule has 0 aromatic rings. The molecule has 4 aliphatic carbocycles. The number of Topliss-reactive ketones (excluding diaryl/α,β-unsaturated/α-hetero) is 3. The fraction of sp³-hybridized carbons (Fsp3) is 0.762. The van der Waals surface area contributed by atoms with Crippen LogP contribution >= 0.6 is 0 Å². The minimum Gasteiger partial charge on any atom is -0.300 e. The van der Waals surface area contributed by atoms with Gasteiger partial charge < -0.3 is 0 Å². The van der Waals surface area contributed by atoms with Crippen LogP contribution in [0.25, 0.3) is 0 Å². The molecule has 4 rings (SSSR count). The fourth-order valence-electron chi connectivity index (χ4n) is 6.80. The Hall–Kier alpha value is -1.25. The van der Waals surface area contributed by atoms with Crippen LogP contribution in [-0.2, 0) is 14.4 Å². The van der Waals surface area contributed by atoms with Crippen molar-refractivity contribution in [3.63, 3.8) is 0 Å². The quantitative estimate of drug-likeness (QED) is 0.686. The summed E-state index contributed by atoms with van der Waals surface area (Å²) < 4.78 is 0. The van der Waals surface area contributed by atoms with Crippen molar-refractivity contribution in [1.29, 1.82) is 0 Å². The molecule has 1 unspecified atom stereocenters. The summed E-state index contributed by atoms with van der Waals surface area (Å²) in [5.41, 5.74) is 1.35. The summed E-state index contributed by atoms with van der Waals surface area (Å²) in [6.45, 7) is 6.22. The Balaban J connectivity index is 1.75. The van der Waals surface area contributed by atoms with Gasteiger partial charge in [-0.2, -0.15) is 0 Å². The van der Waals surface area contributed by atoms with Crippen molar-refractivity contribution < 1.29 is 14.4 Å². The Morgan fingerprint density at radius 1 is 1.17 bits per heavy atom. The molecule has 0 aromatic heterocycles. The van der Waals surface area contributed by atoms with Crippen molar-refractivity contribution in [2.24, 2.45) is 34.5 Å². The lowest BCUT2D eigenvalue weighted by molar-refractivity contribution is -0.139. The van der Waals surface area contributed by atoms with Crippen LogP contribution in [0.4, 0.5) is 0 Å². The van der Waals surface area contributed by atoms with Crippen LogP contribution in [0.1, 0.15) is 65.7 Å². The summed E-state index contributed by atoms with van der Waals surface area (Å²) in [5.74, 6) is 1.66. The van der Waals surface area contributed by atoms with Crippen LogP contribution < -0.4 is 0 Å². The normalized spacial score (nSPS) is 47.5. The Labute approximate surface area is 144 Å². The Morgan fingerprint density at radius 3 is 2.62 bits per heavy atom. The largest absolute Gasteiger partial charge is 0.300 e. The number of hydrogen-bond acceptors (Lipinski definition) is 3. The zero-order valence-electron chi connectivity index (χ0n) is 15.1. The van der Waals surface area contributed by atoms with Gasteiger partial charge in [0.2, 0.25) is 0 Å². The van der Waals surface area contributed by atoms with Crippen LogP contribution in [0, 0.1) is 34.5 Å². The summed E-state index contributed by atoms with van der Waals surface area (Å²) in [6, 6.07) is 0. The van der Waals surface area contributed by atoms with Crippen molar-refractivity contribution in [2.75, 3.05) is 0 Å². The maximum Gasteiger partial charge on any atom is 0.137 e. The zero-order valence-corrected chi connectivity index (χ0v) is 15.1. The molecule has 3 fully saturated rings. The van der Waals surface area contributed by atoms with Gasteiger partial charge in [0.05, 0.1) is 0 Å². The maximum absolute atomic E-state index is 12.9. The van der Waals surface area contributed by atoms with Gasteiger partial charge in [0.25, 0.3) is 0 Å². The first-order valence-electron chi connectivity index (χ1n) is 9.53. The Kier molecular flexibility index (Phi) is 3.47. The lowest BCUT2D eigenvalue weighted by atomic mass is 9.48. The van der Waals surface area contributed by atoms with Gasteiger partial charge in [-0.1, -0.05) is 25.5 Å². The van der Waals surface area contributed by atoms with Crippen molar-refractivity contribution in [2.45, 2.75) is 65.7 Å². The van der Waals surface area contributed by atoms with Gasteiger partial charge in [0, 0.05) is 31.1 Å². The van der Waals surface area contributed by atoms with E-state index in [4.69, 9.17) is 0 Å². The molecule has 4 aliphatic rings. The number of carbonyl (C=O) groups excluding carboxylic acids is 3. The number of hydrogen-bond donors (Lipinski definition) is 0. The predicted octanol–water partition coefficient (Wildman–Crippen LogP) is 3.90. The second kappa shape index (κ2) is 5.12. The fourth-order valence-corrected chi connectivity index (χ4v) is 6.80. The molecule has 130 valence electrons. The van der Waals surface area contributed by atoms with E-state index in [0.717, 1.165) is 25.7 Å². The second-order valence-electron chi connectivity index (χ2n) is 9.21. The van der Waals surface area contributed by atoms with Gasteiger partial charge in [0.15, 0.2) is 0 Å². The molecule has 6 atom stereocenters. The monoisotopic (exact) mass is 328 g/mol. The predicted molar refractivity (Wildman–Crippen MR) is 91.3 cm³/mol. The van der Waals surface area contributed by atoms with E-state index >= 15 is 0 Å². The first kappa shape index (κ1) is 16.2. The smallest absolute Gasteiger partial charge is 0.137 e. The molecule has 0 spiro atoms. The third kappa shape index (κ3) is 1.99. The molecule has 0 radical (unpaired) electrons. The molecule has 3 nitrogen and oxygen atoms in total. The average molecular weight is 328 g/mol. The maximum atomic E-state index is 12.9. The minimum absolute atomic E-state index is 0.0218. The molecule has 0 aromatic carbocycles. The molecular weight excluding hydrogens is 300 g/mol. The van der Waals surface area contributed by atoms with Crippen LogP contribution in [0.3, 0.4) is 0 Å². The van der Waals surface area contributed by atoms with E-state index in [1.807, 2.05) is 0 Å². The molecule has 0 N–H and O–H groups in total. The highest BCUT2D eigenvalue weighted by atomic mass is 16.1. The number of rotatable bonds is 1. The van der Waals surface area contributed by atoms with Crippen LogP contribution in [0.2, 0.25) is 0 Å². The number of carbonyl (C=O) groups is 3. The third-order valence-corrected chi connectivity index (χ3v) is 8.14. The Morgan fingerprint density at radius 2 is 1.92 bits per heavy atom. The SMILES string of the molecule is CC(=O)[C@H]1CC[C@H]2[C@@H]3CC(=O)C4CC(=O)CC[C@]4(C)C3=CC[C@]12C. The summed E-state index contributed by atoms with van der Waals surface area (Å²) >= 11 is 0. The number of allylic oxidation sites excluding steroid dienone is 2. The highest BCUT2D eigenvalue weighted by Gasteiger charge is 2.59. The third-order valence-electron chi connectivity index (χ3n) is 8.14. The lowest BCUT2D eigenvalue weighted by Gasteiger charge is -2.55. The highest BCUT2D eigenvalue weighted by Crippen LogP contribution is 2.64. The lowest BCUT2D eigenvalue weighted by Crippen LogP contribution is -2.51. The van der Waals surface area contributed by atoms with E-state index < -0.39 is 0 Å². The molecule has 3 saturated carbocycles. The van der Waals surface area contributed by atoms with Crippen LogP contribution in [0.15, 0.2) is 11.6 Å². The van der Waals surface area contributed by atoms with Crippen molar-refractivity contribution in [3.05, 3.63) is 11.6 Å². The number of ketones is 3. The van der Waals surface area contributed by atoms with E-state index in [1.54, 1.807) is 6.92 Å². The molecular formula is C21H28O3. The molecule has 24 heavy (non-hydrogen) atoms.